The van der Waals surface area contributed by atoms with E-state index in [1.54, 1.807) is 20.8 Å². The molecule has 8 nitrogen and oxygen atoms in total. The highest BCUT2D eigenvalue weighted by atomic mass is 32.2. The molecule has 0 fully saturated rings. The molecule has 1 aliphatic rings. The number of ether oxygens (including phenoxy) is 2. The number of imide groups is 1. The number of carbonyl (C=O) groups is 4. The number of carbonyl (C=O) groups excluding carboxylic acids is 4. The van der Waals surface area contributed by atoms with Crippen molar-refractivity contribution < 1.29 is 28.7 Å². The van der Waals surface area contributed by atoms with Gasteiger partial charge in [0.05, 0.1) is 12.0 Å². The molecule has 1 aliphatic heterocycles. The number of thioether (sulfide) groups is 1. The van der Waals surface area contributed by atoms with E-state index in [1.807, 2.05) is 0 Å². The molecule has 23 heavy (non-hydrogen) atoms. The summed E-state index contributed by atoms with van der Waals surface area (Å²) in [6, 6.07) is -1.01. The average Bonchev–Trinajstić information content (AvgIpc) is 2.68. The van der Waals surface area contributed by atoms with Crippen LogP contribution in [0, 0.1) is 0 Å². The molecule has 0 spiro atoms. The lowest BCUT2D eigenvalue weighted by Gasteiger charge is -2.22. The number of rotatable bonds is 5. The largest absolute Gasteiger partial charge is 0.467 e. The maximum absolute atomic E-state index is 11.8. The van der Waals surface area contributed by atoms with Crippen LogP contribution in [0.4, 0.5) is 4.79 Å². The van der Waals surface area contributed by atoms with Gasteiger partial charge in [-0.3, -0.25) is 14.5 Å². The van der Waals surface area contributed by atoms with Gasteiger partial charge in [0.25, 0.3) is 11.8 Å². The van der Waals surface area contributed by atoms with Crippen LogP contribution in [0.1, 0.15) is 20.8 Å². The van der Waals surface area contributed by atoms with Crippen LogP contribution in [0.25, 0.3) is 0 Å². The van der Waals surface area contributed by atoms with E-state index in [0.29, 0.717) is 0 Å². The van der Waals surface area contributed by atoms with Gasteiger partial charge in [-0.25, -0.2) is 9.59 Å². The minimum Gasteiger partial charge on any atom is -0.467 e. The zero-order chi connectivity index (χ0) is 17.8. The Morgan fingerprint density at radius 2 is 1.96 bits per heavy atom. The van der Waals surface area contributed by atoms with Crippen molar-refractivity contribution in [1.82, 2.24) is 10.2 Å². The zero-order valence-electron chi connectivity index (χ0n) is 13.7. The van der Waals surface area contributed by atoms with E-state index in [1.165, 1.54) is 20.2 Å². The topological polar surface area (TPSA) is 102 Å². The van der Waals surface area contributed by atoms with Crippen LogP contribution in [-0.4, -0.2) is 60.3 Å². The van der Waals surface area contributed by atoms with E-state index < -0.39 is 35.5 Å². The first-order chi connectivity index (χ1) is 10.5. The molecule has 1 unspecified atom stereocenters. The van der Waals surface area contributed by atoms with Crippen molar-refractivity contribution in [3.05, 3.63) is 11.0 Å². The lowest BCUT2D eigenvalue weighted by Crippen LogP contribution is -2.45. The van der Waals surface area contributed by atoms with Crippen LogP contribution in [0.3, 0.4) is 0 Å². The third kappa shape index (κ3) is 5.59. The van der Waals surface area contributed by atoms with E-state index >= 15 is 0 Å². The van der Waals surface area contributed by atoms with E-state index in [-0.39, 0.29) is 10.7 Å². The van der Waals surface area contributed by atoms with Crippen LogP contribution in [0.15, 0.2) is 11.0 Å². The number of nitrogens with one attached hydrogen (secondary N) is 1. The quantitative estimate of drug-likeness (QED) is 0.577. The lowest BCUT2D eigenvalue weighted by molar-refractivity contribution is -0.142. The van der Waals surface area contributed by atoms with Gasteiger partial charge < -0.3 is 14.8 Å². The van der Waals surface area contributed by atoms with Gasteiger partial charge in [0.15, 0.2) is 0 Å². The summed E-state index contributed by atoms with van der Waals surface area (Å²) in [4.78, 5) is 47.8. The Bertz CT molecular complexity index is 552. The van der Waals surface area contributed by atoms with Crippen molar-refractivity contribution in [2.45, 2.75) is 32.4 Å². The second kappa shape index (κ2) is 7.49. The van der Waals surface area contributed by atoms with Crippen LogP contribution in [-0.2, 0) is 23.9 Å². The Morgan fingerprint density at radius 3 is 2.39 bits per heavy atom. The number of likely N-dealkylation sites (N-methyl/N-ethyl adjacent to an activating group) is 1. The summed E-state index contributed by atoms with van der Waals surface area (Å²) in [5.74, 6) is -1.51. The smallest absolute Gasteiger partial charge is 0.408 e. The normalized spacial score (nSPS) is 16.0. The molecule has 1 atom stereocenters. The third-order valence-corrected chi connectivity index (χ3v) is 3.79. The van der Waals surface area contributed by atoms with Gasteiger partial charge in [-0.05, 0) is 20.8 Å². The van der Waals surface area contributed by atoms with Gasteiger partial charge in [0.1, 0.15) is 11.6 Å². The molecule has 0 saturated carbocycles. The molecule has 0 aliphatic carbocycles. The number of alkyl carbamates (subject to hydrolysis) is 1. The molecule has 1 N–H and O–H groups in total. The van der Waals surface area contributed by atoms with E-state index in [4.69, 9.17) is 4.74 Å². The van der Waals surface area contributed by atoms with Gasteiger partial charge in [-0.2, -0.15) is 0 Å². The van der Waals surface area contributed by atoms with Crippen LogP contribution in [0.5, 0.6) is 0 Å². The highest BCUT2D eigenvalue weighted by molar-refractivity contribution is 8.04. The fourth-order valence-electron chi connectivity index (χ4n) is 1.57. The summed E-state index contributed by atoms with van der Waals surface area (Å²) in [5, 5.41) is 2.39. The molecule has 1 heterocycles. The fraction of sp³-hybridized carbons (Fsp3) is 0.571. The first-order valence-electron chi connectivity index (χ1n) is 6.79. The fourth-order valence-corrected chi connectivity index (χ4v) is 2.58. The SMILES string of the molecule is COC(=O)C(CSC1=CC(=O)N(C)C1=O)NC(=O)OC(C)(C)C. The number of hydrogen-bond donors (Lipinski definition) is 1. The van der Waals surface area contributed by atoms with Crippen LogP contribution in [0.2, 0.25) is 0 Å². The summed E-state index contributed by atoms with van der Waals surface area (Å²) in [7, 11) is 2.56. The summed E-state index contributed by atoms with van der Waals surface area (Å²) < 4.78 is 9.70. The number of esters is 1. The first-order valence-corrected chi connectivity index (χ1v) is 7.77. The monoisotopic (exact) mass is 344 g/mol. The highest BCUT2D eigenvalue weighted by Gasteiger charge is 2.31. The number of hydrogen-bond acceptors (Lipinski definition) is 7. The second-order valence-electron chi connectivity index (χ2n) is 5.74. The molecule has 1 rings (SSSR count). The van der Waals surface area contributed by atoms with E-state index in [9.17, 15) is 19.2 Å². The Labute approximate surface area is 138 Å². The summed E-state index contributed by atoms with van der Waals surface area (Å²) in [5.41, 5.74) is -0.711. The summed E-state index contributed by atoms with van der Waals surface area (Å²) >= 11 is 0.989. The minimum atomic E-state index is -1.01. The molecule has 0 bridgehead atoms. The maximum atomic E-state index is 11.8. The molecule has 3 amide bonds. The standard InChI is InChI=1S/C14H20N2O6S/c1-14(2,3)22-13(20)15-8(12(19)21-5)7-23-9-6-10(17)16(4)11(9)18/h6,8H,7H2,1-5H3,(H,15,20). The van der Waals surface area contributed by atoms with Crippen molar-refractivity contribution in [3.63, 3.8) is 0 Å². The van der Waals surface area contributed by atoms with Crippen molar-refractivity contribution in [1.29, 1.82) is 0 Å². The van der Waals surface area contributed by atoms with E-state index in [2.05, 4.69) is 10.1 Å². The molecule has 0 aromatic carbocycles. The van der Waals surface area contributed by atoms with Gasteiger partial charge in [0.2, 0.25) is 0 Å². The summed E-state index contributed by atoms with van der Waals surface area (Å²) in [6.07, 6.45) is 0.419. The third-order valence-electron chi connectivity index (χ3n) is 2.68. The first kappa shape index (κ1) is 19.0. The molecule has 0 aromatic heterocycles. The number of methoxy groups -OCH3 is 1. The lowest BCUT2D eigenvalue weighted by atomic mass is 10.2. The maximum Gasteiger partial charge on any atom is 0.408 e. The Morgan fingerprint density at radius 1 is 1.35 bits per heavy atom. The van der Waals surface area contributed by atoms with Gasteiger partial charge in [0, 0.05) is 18.9 Å². The number of amides is 3. The van der Waals surface area contributed by atoms with Crippen LogP contribution < -0.4 is 5.32 Å². The molecular formula is C14H20N2O6S. The molecule has 0 saturated heterocycles. The van der Waals surface area contributed by atoms with Gasteiger partial charge >= 0.3 is 12.1 Å². The van der Waals surface area contributed by atoms with Crippen LogP contribution >= 0.6 is 11.8 Å². The van der Waals surface area contributed by atoms with Crippen molar-refractivity contribution in [2.75, 3.05) is 19.9 Å². The van der Waals surface area contributed by atoms with Crippen molar-refractivity contribution in [2.24, 2.45) is 0 Å². The predicted octanol–water partition coefficient (Wildman–Crippen LogP) is 0.668. The van der Waals surface area contributed by atoms with Crippen molar-refractivity contribution >= 4 is 35.6 Å². The van der Waals surface area contributed by atoms with Crippen molar-refractivity contribution in [3.8, 4) is 0 Å². The number of nitrogens with zero attached hydrogens (tertiary/aromatic N) is 1. The average molecular weight is 344 g/mol. The second-order valence-corrected chi connectivity index (χ2v) is 6.81. The minimum absolute atomic E-state index is 0.0324. The Kier molecular flexibility index (Phi) is 6.20. The Balaban J connectivity index is 2.68. The highest BCUT2D eigenvalue weighted by Crippen LogP contribution is 2.24. The molecule has 0 aromatic rings. The predicted molar refractivity (Wildman–Crippen MR) is 83.5 cm³/mol. The summed E-state index contributed by atoms with van der Waals surface area (Å²) in [6.45, 7) is 5.08. The Hall–Kier alpha value is -2.03. The molecule has 9 heteroatoms. The molecule has 128 valence electrons. The molecule has 0 radical (unpaired) electrons. The van der Waals surface area contributed by atoms with Gasteiger partial charge in [-0.15, -0.1) is 11.8 Å². The zero-order valence-corrected chi connectivity index (χ0v) is 14.5. The van der Waals surface area contributed by atoms with E-state index in [0.717, 1.165) is 16.7 Å². The molecular weight excluding hydrogens is 324 g/mol. The van der Waals surface area contributed by atoms with Gasteiger partial charge in [-0.1, -0.05) is 0 Å².